The third-order valence-electron chi connectivity index (χ3n) is 3.24. The van der Waals surface area contributed by atoms with Crippen molar-refractivity contribution in [3.05, 3.63) is 0 Å². The van der Waals surface area contributed by atoms with Crippen LogP contribution >= 0.6 is 11.8 Å². The average molecular weight is 200 g/mol. The Labute approximate surface area is 83.1 Å². The molecule has 3 heteroatoms. The van der Waals surface area contributed by atoms with Gasteiger partial charge in [0, 0.05) is 11.7 Å². The largest absolute Gasteiger partial charge is 0.388 e. The summed E-state index contributed by atoms with van der Waals surface area (Å²) in [6, 6.07) is 0. The molecule has 13 heavy (non-hydrogen) atoms. The summed E-state index contributed by atoms with van der Waals surface area (Å²) in [5, 5.41) is 10.3. The number of carbonyl (C=O) groups is 1. The molecule has 0 aromatic rings. The summed E-state index contributed by atoms with van der Waals surface area (Å²) in [4.78, 5) is 11.6. The predicted molar refractivity (Wildman–Crippen MR) is 53.9 cm³/mol. The molecule has 0 amide bonds. The Morgan fingerprint density at radius 2 is 2.23 bits per heavy atom. The molecule has 0 radical (unpaired) electrons. The van der Waals surface area contributed by atoms with E-state index in [9.17, 15) is 9.90 Å². The standard InChI is InChI=1S/C10H16O2S/c11-9-6-13-7-10(12)5-3-1-2-4-8(9)10/h8,12H,1-7H2. The van der Waals surface area contributed by atoms with Gasteiger partial charge in [-0.3, -0.25) is 4.79 Å². The minimum Gasteiger partial charge on any atom is -0.388 e. The number of fused-ring (bicyclic) bond motifs is 1. The van der Waals surface area contributed by atoms with Crippen molar-refractivity contribution >= 4 is 17.5 Å². The van der Waals surface area contributed by atoms with Gasteiger partial charge in [0.05, 0.1) is 11.4 Å². The maximum Gasteiger partial charge on any atom is 0.148 e. The number of aliphatic hydroxyl groups is 1. The van der Waals surface area contributed by atoms with E-state index in [0.717, 1.165) is 31.4 Å². The third kappa shape index (κ3) is 1.77. The topological polar surface area (TPSA) is 37.3 Å². The van der Waals surface area contributed by atoms with Crippen LogP contribution in [-0.2, 0) is 4.79 Å². The zero-order valence-electron chi connectivity index (χ0n) is 7.79. The van der Waals surface area contributed by atoms with Crippen LogP contribution in [0.15, 0.2) is 0 Å². The van der Waals surface area contributed by atoms with Crippen molar-refractivity contribution in [2.45, 2.75) is 37.7 Å². The van der Waals surface area contributed by atoms with Gasteiger partial charge in [0.2, 0.25) is 0 Å². The lowest BCUT2D eigenvalue weighted by Gasteiger charge is -2.37. The van der Waals surface area contributed by atoms with Crippen molar-refractivity contribution in [2.24, 2.45) is 5.92 Å². The number of Topliss-reactive ketones (excluding diaryl/α,β-unsaturated/α-hetero) is 1. The summed E-state index contributed by atoms with van der Waals surface area (Å²) in [5.41, 5.74) is -0.656. The van der Waals surface area contributed by atoms with Gasteiger partial charge in [-0.1, -0.05) is 19.3 Å². The Balaban J connectivity index is 2.18. The minimum atomic E-state index is -0.656. The van der Waals surface area contributed by atoms with Crippen molar-refractivity contribution in [1.29, 1.82) is 0 Å². The van der Waals surface area contributed by atoms with Gasteiger partial charge in [-0.15, -0.1) is 0 Å². The van der Waals surface area contributed by atoms with Crippen molar-refractivity contribution in [3.8, 4) is 0 Å². The Bertz CT molecular complexity index is 217. The summed E-state index contributed by atoms with van der Waals surface area (Å²) in [5.74, 6) is 1.62. The quantitative estimate of drug-likeness (QED) is 0.645. The highest BCUT2D eigenvalue weighted by Crippen LogP contribution is 2.39. The molecular formula is C10H16O2S. The molecule has 2 rings (SSSR count). The first-order valence-electron chi connectivity index (χ1n) is 5.05. The van der Waals surface area contributed by atoms with Crippen molar-refractivity contribution < 1.29 is 9.90 Å². The lowest BCUT2D eigenvalue weighted by atomic mass is 9.82. The van der Waals surface area contributed by atoms with E-state index < -0.39 is 5.60 Å². The van der Waals surface area contributed by atoms with Gasteiger partial charge >= 0.3 is 0 Å². The van der Waals surface area contributed by atoms with Crippen LogP contribution in [-0.4, -0.2) is 28.0 Å². The molecule has 0 bridgehead atoms. The zero-order valence-corrected chi connectivity index (χ0v) is 8.61. The Kier molecular flexibility index (Phi) is 2.65. The Hall–Kier alpha value is -0.0200. The molecular weight excluding hydrogens is 184 g/mol. The minimum absolute atomic E-state index is 0.0451. The molecule has 74 valence electrons. The number of thioether (sulfide) groups is 1. The van der Waals surface area contributed by atoms with Crippen LogP contribution in [0.1, 0.15) is 32.1 Å². The highest BCUT2D eigenvalue weighted by atomic mass is 32.2. The molecule has 2 nitrogen and oxygen atoms in total. The number of hydrogen-bond donors (Lipinski definition) is 1. The van der Waals surface area contributed by atoms with E-state index in [1.165, 1.54) is 6.42 Å². The van der Waals surface area contributed by atoms with Crippen LogP contribution in [0, 0.1) is 5.92 Å². The molecule has 2 unspecified atom stereocenters. The fraction of sp³-hybridized carbons (Fsp3) is 0.900. The van der Waals surface area contributed by atoms with E-state index in [4.69, 9.17) is 0 Å². The predicted octanol–water partition coefficient (Wildman–Crippen LogP) is 1.61. The number of ketones is 1. The van der Waals surface area contributed by atoms with Crippen molar-refractivity contribution in [2.75, 3.05) is 11.5 Å². The normalized spacial score (nSPS) is 41.0. The van der Waals surface area contributed by atoms with Crippen LogP contribution in [0.4, 0.5) is 0 Å². The van der Waals surface area contributed by atoms with Gasteiger partial charge in [0.15, 0.2) is 0 Å². The maximum atomic E-state index is 11.6. The second kappa shape index (κ2) is 3.62. The first kappa shape index (κ1) is 9.53. The smallest absolute Gasteiger partial charge is 0.148 e. The molecule has 1 aliphatic heterocycles. The van der Waals surface area contributed by atoms with Gasteiger partial charge in [-0.05, 0) is 12.8 Å². The van der Waals surface area contributed by atoms with E-state index in [1.54, 1.807) is 11.8 Å². The Morgan fingerprint density at radius 1 is 1.38 bits per heavy atom. The number of rotatable bonds is 0. The second-order valence-electron chi connectivity index (χ2n) is 4.21. The van der Waals surface area contributed by atoms with E-state index in [-0.39, 0.29) is 11.7 Å². The molecule has 2 atom stereocenters. The van der Waals surface area contributed by atoms with Gasteiger partial charge in [-0.25, -0.2) is 0 Å². The highest BCUT2D eigenvalue weighted by molar-refractivity contribution is 8.00. The lowest BCUT2D eigenvalue weighted by Crippen LogP contribution is -2.47. The van der Waals surface area contributed by atoms with Gasteiger partial charge in [-0.2, -0.15) is 11.8 Å². The Morgan fingerprint density at radius 3 is 3.08 bits per heavy atom. The molecule has 0 spiro atoms. The van der Waals surface area contributed by atoms with E-state index >= 15 is 0 Å². The lowest BCUT2D eigenvalue weighted by molar-refractivity contribution is -0.129. The van der Waals surface area contributed by atoms with Gasteiger partial charge < -0.3 is 5.11 Å². The zero-order chi connectivity index (χ0) is 9.31. The van der Waals surface area contributed by atoms with Crippen molar-refractivity contribution in [1.82, 2.24) is 0 Å². The summed E-state index contributed by atoms with van der Waals surface area (Å²) >= 11 is 1.60. The van der Waals surface area contributed by atoms with Crippen LogP contribution < -0.4 is 0 Å². The second-order valence-corrected chi connectivity index (χ2v) is 5.20. The number of carbonyl (C=O) groups excluding carboxylic acids is 1. The summed E-state index contributed by atoms with van der Waals surface area (Å²) in [7, 11) is 0. The molecule has 1 heterocycles. The van der Waals surface area contributed by atoms with Gasteiger partial charge in [0.25, 0.3) is 0 Å². The van der Waals surface area contributed by atoms with Crippen LogP contribution in [0.2, 0.25) is 0 Å². The first-order chi connectivity index (χ1) is 6.22. The van der Waals surface area contributed by atoms with E-state index in [1.807, 2.05) is 0 Å². The molecule has 0 aromatic carbocycles. The third-order valence-corrected chi connectivity index (χ3v) is 4.43. The maximum absolute atomic E-state index is 11.6. The summed E-state index contributed by atoms with van der Waals surface area (Å²) in [6.45, 7) is 0. The monoisotopic (exact) mass is 200 g/mol. The van der Waals surface area contributed by atoms with E-state index in [2.05, 4.69) is 0 Å². The molecule has 1 N–H and O–H groups in total. The molecule has 1 saturated carbocycles. The average Bonchev–Trinajstić information content (AvgIpc) is 2.27. The fourth-order valence-corrected chi connectivity index (χ4v) is 3.67. The fourth-order valence-electron chi connectivity index (χ4n) is 2.46. The van der Waals surface area contributed by atoms with Gasteiger partial charge in [0.1, 0.15) is 5.78 Å². The van der Waals surface area contributed by atoms with Crippen LogP contribution in [0.25, 0.3) is 0 Å². The molecule has 0 aromatic heterocycles. The highest BCUT2D eigenvalue weighted by Gasteiger charge is 2.44. The molecule has 1 aliphatic carbocycles. The van der Waals surface area contributed by atoms with Crippen LogP contribution in [0.3, 0.4) is 0 Å². The molecule has 2 aliphatic rings. The summed E-state index contributed by atoms with van der Waals surface area (Å²) in [6.07, 6.45) is 5.12. The van der Waals surface area contributed by atoms with Crippen molar-refractivity contribution in [3.63, 3.8) is 0 Å². The number of hydrogen-bond acceptors (Lipinski definition) is 3. The first-order valence-corrected chi connectivity index (χ1v) is 6.21. The van der Waals surface area contributed by atoms with E-state index in [0.29, 0.717) is 5.75 Å². The molecule has 1 saturated heterocycles. The SMILES string of the molecule is O=C1CSCC2(O)CCCCCC12. The van der Waals surface area contributed by atoms with Crippen LogP contribution in [0.5, 0.6) is 0 Å². The molecule has 2 fully saturated rings. The summed E-state index contributed by atoms with van der Waals surface area (Å²) < 4.78 is 0.